The minimum atomic E-state index is -0.0935. The van der Waals surface area contributed by atoms with E-state index >= 15 is 0 Å². The van der Waals surface area contributed by atoms with Crippen LogP contribution in [0.15, 0.2) is 6.07 Å². The predicted molar refractivity (Wildman–Crippen MR) is 91.6 cm³/mol. The van der Waals surface area contributed by atoms with Gasteiger partial charge < -0.3 is 5.32 Å². The topological polar surface area (TPSA) is 93.8 Å². The fourth-order valence-corrected chi connectivity index (χ4v) is 3.22. The highest BCUT2D eigenvalue weighted by Gasteiger charge is 2.18. The third-order valence-electron chi connectivity index (χ3n) is 4.42. The first kappa shape index (κ1) is 17.5. The Morgan fingerprint density at radius 1 is 1.28 bits per heavy atom. The van der Waals surface area contributed by atoms with E-state index in [9.17, 15) is 4.79 Å². The molecule has 1 N–H and O–H groups in total. The SMILES string of the molecule is Cc1cc(C)n(C[C@@H](C)NC(=O)Cn2nnnc2CN2CCCC2)n1. The number of rotatable bonds is 7. The van der Waals surface area contributed by atoms with E-state index in [1.807, 2.05) is 31.5 Å². The Labute approximate surface area is 147 Å². The first-order valence-corrected chi connectivity index (χ1v) is 8.79. The molecular formula is C16H26N8O. The van der Waals surface area contributed by atoms with Gasteiger partial charge in [-0.2, -0.15) is 5.10 Å². The van der Waals surface area contributed by atoms with Gasteiger partial charge in [0, 0.05) is 11.7 Å². The normalized spacial score (nSPS) is 16.3. The van der Waals surface area contributed by atoms with E-state index in [4.69, 9.17) is 0 Å². The molecule has 0 saturated carbocycles. The highest BCUT2D eigenvalue weighted by molar-refractivity contribution is 5.75. The molecule has 1 saturated heterocycles. The average Bonchev–Trinajstić information content (AvgIpc) is 3.25. The smallest absolute Gasteiger partial charge is 0.242 e. The Kier molecular flexibility index (Phi) is 5.42. The number of hydrogen-bond donors (Lipinski definition) is 1. The van der Waals surface area contributed by atoms with Crippen LogP contribution in [0, 0.1) is 13.8 Å². The van der Waals surface area contributed by atoms with Crippen molar-refractivity contribution in [1.82, 2.24) is 40.2 Å². The van der Waals surface area contributed by atoms with E-state index < -0.39 is 0 Å². The van der Waals surface area contributed by atoms with Gasteiger partial charge in [-0.05, 0) is 63.2 Å². The van der Waals surface area contributed by atoms with Crippen LogP contribution in [0.5, 0.6) is 0 Å². The van der Waals surface area contributed by atoms with E-state index in [0.29, 0.717) is 13.1 Å². The second-order valence-electron chi connectivity index (χ2n) is 6.81. The van der Waals surface area contributed by atoms with Crippen LogP contribution >= 0.6 is 0 Å². The Morgan fingerprint density at radius 3 is 2.72 bits per heavy atom. The second-order valence-corrected chi connectivity index (χ2v) is 6.81. The minimum absolute atomic E-state index is 0.0241. The molecule has 0 bridgehead atoms. The lowest BCUT2D eigenvalue weighted by molar-refractivity contribution is -0.122. The van der Waals surface area contributed by atoms with Gasteiger partial charge in [-0.1, -0.05) is 0 Å². The molecule has 0 radical (unpaired) electrons. The monoisotopic (exact) mass is 346 g/mol. The van der Waals surface area contributed by atoms with E-state index in [1.54, 1.807) is 4.68 Å². The first-order chi connectivity index (χ1) is 12.0. The molecule has 0 aliphatic carbocycles. The zero-order chi connectivity index (χ0) is 17.8. The maximum atomic E-state index is 12.3. The highest BCUT2D eigenvalue weighted by Crippen LogP contribution is 2.10. The molecule has 0 unspecified atom stereocenters. The number of aromatic nitrogens is 6. The number of likely N-dealkylation sites (tertiary alicyclic amines) is 1. The zero-order valence-corrected chi connectivity index (χ0v) is 15.1. The van der Waals surface area contributed by atoms with Crippen LogP contribution in [-0.4, -0.2) is 59.9 Å². The standard InChI is InChI=1S/C16H26N8O/c1-12-8-14(3)23(19-12)9-13(2)17-16(25)11-24-15(18-20-21-24)10-22-6-4-5-7-22/h8,13H,4-7,9-11H2,1-3H3,(H,17,25)/t13-/m1/s1. The van der Waals surface area contributed by atoms with E-state index in [1.165, 1.54) is 12.8 Å². The van der Waals surface area contributed by atoms with Gasteiger partial charge in [-0.15, -0.1) is 5.10 Å². The van der Waals surface area contributed by atoms with Crippen LogP contribution in [-0.2, 0) is 24.4 Å². The van der Waals surface area contributed by atoms with Crippen LogP contribution < -0.4 is 5.32 Å². The Bertz CT molecular complexity index is 716. The molecule has 2 aromatic heterocycles. The van der Waals surface area contributed by atoms with E-state index in [-0.39, 0.29) is 18.5 Å². The molecule has 9 heteroatoms. The lowest BCUT2D eigenvalue weighted by atomic mass is 10.3. The molecular weight excluding hydrogens is 320 g/mol. The van der Waals surface area contributed by atoms with Crippen molar-refractivity contribution in [2.24, 2.45) is 0 Å². The third-order valence-corrected chi connectivity index (χ3v) is 4.42. The number of amides is 1. The summed E-state index contributed by atoms with van der Waals surface area (Å²) in [5.74, 6) is 0.646. The van der Waals surface area contributed by atoms with Gasteiger partial charge in [0.15, 0.2) is 5.82 Å². The summed E-state index contributed by atoms with van der Waals surface area (Å²) >= 11 is 0. The zero-order valence-electron chi connectivity index (χ0n) is 15.1. The van der Waals surface area contributed by atoms with Crippen LogP contribution in [0.1, 0.15) is 37.0 Å². The van der Waals surface area contributed by atoms with Crippen molar-refractivity contribution in [2.75, 3.05) is 13.1 Å². The van der Waals surface area contributed by atoms with Crippen molar-refractivity contribution in [3.8, 4) is 0 Å². The van der Waals surface area contributed by atoms with Gasteiger partial charge in [0.05, 0.1) is 18.8 Å². The van der Waals surface area contributed by atoms with Crippen molar-refractivity contribution >= 4 is 5.91 Å². The maximum absolute atomic E-state index is 12.3. The summed E-state index contributed by atoms with van der Waals surface area (Å²) in [6.45, 7) is 9.56. The number of carbonyl (C=O) groups excluding carboxylic acids is 1. The van der Waals surface area contributed by atoms with Gasteiger partial charge in [-0.3, -0.25) is 14.4 Å². The summed E-state index contributed by atoms with van der Waals surface area (Å²) in [7, 11) is 0. The Hall–Kier alpha value is -2.29. The largest absolute Gasteiger partial charge is 0.350 e. The number of tetrazole rings is 1. The van der Waals surface area contributed by atoms with Gasteiger partial charge in [0.1, 0.15) is 6.54 Å². The number of aryl methyl sites for hydroxylation is 2. The molecule has 136 valence electrons. The van der Waals surface area contributed by atoms with Crippen molar-refractivity contribution in [3.63, 3.8) is 0 Å². The fraction of sp³-hybridized carbons (Fsp3) is 0.688. The van der Waals surface area contributed by atoms with Gasteiger partial charge in [-0.25, -0.2) is 4.68 Å². The molecule has 2 aromatic rings. The molecule has 0 spiro atoms. The molecule has 1 aliphatic rings. The van der Waals surface area contributed by atoms with Crippen LogP contribution in [0.3, 0.4) is 0 Å². The molecule has 1 amide bonds. The van der Waals surface area contributed by atoms with Crippen molar-refractivity contribution in [1.29, 1.82) is 0 Å². The van der Waals surface area contributed by atoms with E-state index in [2.05, 4.69) is 30.8 Å². The van der Waals surface area contributed by atoms with Crippen LogP contribution in [0.25, 0.3) is 0 Å². The maximum Gasteiger partial charge on any atom is 0.242 e. The molecule has 0 aromatic carbocycles. The predicted octanol–water partition coefficient (Wildman–Crippen LogP) is 0.287. The number of nitrogens with one attached hydrogen (secondary N) is 1. The quantitative estimate of drug-likeness (QED) is 0.774. The summed E-state index contributed by atoms with van der Waals surface area (Å²) in [5, 5.41) is 19.2. The van der Waals surface area contributed by atoms with Crippen molar-refractivity contribution in [2.45, 2.75) is 59.3 Å². The van der Waals surface area contributed by atoms with Crippen molar-refractivity contribution in [3.05, 3.63) is 23.3 Å². The Morgan fingerprint density at radius 2 is 2.04 bits per heavy atom. The lowest BCUT2D eigenvalue weighted by Crippen LogP contribution is -2.38. The van der Waals surface area contributed by atoms with Gasteiger partial charge in [0.2, 0.25) is 5.91 Å². The van der Waals surface area contributed by atoms with E-state index in [0.717, 1.165) is 30.3 Å². The number of nitrogens with zero attached hydrogens (tertiary/aromatic N) is 7. The summed E-state index contributed by atoms with van der Waals surface area (Å²) in [4.78, 5) is 14.6. The summed E-state index contributed by atoms with van der Waals surface area (Å²) < 4.78 is 3.50. The second kappa shape index (κ2) is 7.73. The van der Waals surface area contributed by atoms with Crippen molar-refractivity contribution < 1.29 is 4.79 Å². The van der Waals surface area contributed by atoms with Crippen LogP contribution in [0.4, 0.5) is 0 Å². The summed E-state index contributed by atoms with van der Waals surface area (Å²) in [6, 6.07) is 2.00. The molecule has 3 rings (SSSR count). The Balaban J connectivity index is 1.52. The third kappa shape index (κ3) is 4.62. The molecule has 9 nitrogen and oxygen atoms in total. The highest BCUT2D eigenvalue weighted by atomic mass is 16.2. The molecule has 1 fully saturated rings. The minimum Gasteiger partial charge on any atom is -0.350 e. The number of hydrogen-bond acceptors (Lipinski definition) is 6. The van der Waals surface area contributed by atoms with Gasteiger partial charge in [0.25, 0.3) is 0 Å². The molecule has 1 atom stereocenters. The van der Waals surface area contributed by atoms with Gasteiger partial charge >= 0.3 is 0 Å². The lowest BCUT2D eigenvalue weighted by Gasteiger charge is -2.16. The summed E-state index contributed by atoms with van der Waals surface area (Å²) in [6.07, 6.45) is 2.43. The van der Waals surface area contributed by atoms with Crippen LogP contribution in [0.2, 0.25) is 0 Å². The first-order valence-electron chi connectivity index (χ1n) is 8.79. The number of carbonyl (C=O) groups is 1. The summed E-state index contributed by atoms with van der Waals surface area (Å²) in [5.41, 5.74) is 2.07. The average molecular weight is 346 g/mol. The molecule has 1 aliphatic heterocycles. The molecule has 25 heavy (non-hydrogen) atoms. The fourth-order valence-electron chi connectivity index (χ4n) is 3.22. The molecule has 3 heterocycles.